The van der Waals surface area contributed by atoms with Crippen LogP contribution < -0.4 is 4.90 Å². The number of para-hydroxylation sites is 1. The van der Waals surface area contributed by atoms with Gasteiger partial charge in [0, 0.05) is 56.5 Å². The van der Waals surface area contributed by atoms with Crippen molar-refractivity contribution < 1.29 is 13.9 Å². The average molecular weight is 566 g/mol. The average Bonchev–Trinajstić information content (AvgIpc) is 3.67. The molecule has 2 atom stereocenters. The van der Waals surface area contributed by atoms with Crippen molar-refractivity contribution in [2.45, 2.75) is 57.7 Å². The smallest absolute Gasteiger partial charge is 0.153 e. The molecule has 0 amide bonds. The molecule has 1 fully saturated rings. The standard InChI is InChI=1S/C29H37F2N9O/c1-3-4-7-23-8-5-6-9-27(23)38-16-14-37(15-17-38)13-12-28-34-35-36-40(28)22(2)29(41,19-39-21-32-20-33-39)25-11-10-24(30)18-26(25)31/h5-6,8-11,18,20-22,41H,3-4,7,12-17,19H2,1-2H3/t22-,29+/m0/s1. The lowest BCUT2D eigenvalue weighted by Crippen LogP contribution is -2.47. The molecule has 12 heteroatoms. The molecular formula is C29H37F2N9O. The van der Waals surface area contributed by atoms with Crippen molar-refractivity contribution in [2.75, 3.05) is 37.6 Å². The van der Waals surface area contributed by atoms with Crippen molar-refractivity contribution >= 4 is 5.69 Å². The second-order valence-electron chi connectivity index (χ2n) is 10.7. The predicted molar refractivity (Wildman–Crippen MR) is 150 cm³/mol. The van der Waals surface area contributed by atoms with Gasteiger partial charge in [-0.15, -0.1) is 5.10 Å². The van der Waals surface area contributed by atoms with E-state index in [0.29, 0.717) is 12.2 Å². The third kappa shape index (κ3) is 6.43. The van der Waals surface area contributed by atoms with Gasteiger partial charge in [-0.25, -0.2) is 23.1 Å². The number of rotatable bonds is 12. The largest absolute Gasteiger partial charge is 0.381 e. The first-order valence-electron chi connectivity index (χ1n) is 14.2. The maximum atomic E-state index is 15.0. The lowest BCUT2D eigenvalue weighted by Gasteiger charge is -2.37. The van der Waals surface area contributed by atoms with Crippen LogP contribution in [0.5, 0.6) is 0 Å². The number of hydrogen-bond donors (Lipinski definition) is 1. The van der Waals surface area contributed by atoms with Crippen LogP contribution in [-0.4, -0.2) is 77.7 Å². The van der Waals surface area contributed by atoms with E-state index in [-0.39, 0.29) is 12.1 Å². The number of benzene rings is 2. The molecule has 1 N–H and O–H groups in total. The van der Waals surface area contributed by atoms with Crippen LogP contribution in [0.15, 0.2) is 55.1 Å². The lowest BCUT2D eigenvalue weighted by atomic mass is 9.86. The molecule has 0 saturated carbocycles. The van der Waals surface area contributed by atoms with Crippen LogP contribution in [0.3, 0.4) is 0 Å². The summed E-state index contributed by atoms with van der Waals surface area (Å²) >= 11 is 0. The summed E-state index contributed by atoms with van der Waals surface area (Å²) in [7, 11) is 0. The number of tetrazole rings is 1. The van der Waals surface area contributed by atoms with E-state index >= 15 is 0 Å². The van der Waals surface area contributed by atoms with E-state index in [4.69, 9.17) is 0 Å². The number of hydrogen-bond acceptors (Lipinski definition) is 8. The van der Waals surface area contributed by atoms with Crippen LogP contribution in [0.1, 0.15) is 49.7 Å². The van der Waals surface area contributed by atoms with Crippen LogP contribution in [0.2, 0.25) is 0 Å². The van der Waals surface area contributed by atoms with Crippen molar-refractivity contribution in [3.63, 3.8) is 0 Å². The van der Waals surface area contributed by atoms with Gasteiger partial charge < -0.3 is 10.0 Å². The molecule has 0 unspecified atom stereocenters. The number of piperazine rings is 1. The number of nitrogens with zero attached hydrogens (tertiary/aromatic N) is 9. The molecule has 2 aromatic heterocycles. The molecule has 218 valence electrons. The summed E-state index contributed by atoms with van der Waals surface area (Å²) in [5.74, 6) is -1.01. The fraction of sp³-hybridized carbons (Fsp3) is 0.483. The molecular weight excluding hydrogens is 528 g/mol. The Bertz CT molecular complexity index is 1410. The summed E-state index contributed by atoms with van der Waals surface area (Å²) in [6.07, 6.45) is 6.77. The maximum absolute atomic E-state index is 15.0. The number of unbranched alkanes of at least 4 members (excludes halogenated alkanes) is 1. The highest BCUT2D eigenvalue weighted by atomic mass is 19.1. The number of halogens is 2. The summed E-state index contributed by atoms with van der Waals surface area (Å²) in [4.78, 5) is 8.78. The molecule has 1 aliphatic rings. The molecule has 10 nitrogen and oxygen atoms in total. The van der Waals surface area contributed by atoms with Crippen molar-refractivity contribution in [3.8, 4) is 0 Å². The van der Waals surface area contributed by atoms with E-state index < -0.39 is 23.3 Å². The highest BCUT2D eigenvalue weighted by Gasteiger charge is 2.42. The van der Waals surface area contributed by atoms with Crippen LogP contribution in [-0.2, 0) is 25.0 Å². The Morgan fingerprint density at radius 1 is 1.05 bits per heavy atom. The van der Waals surface area contributed by atoms with Gasteiger partial charge in [0.05, 0.1) is 12.6 Å². The number of aliphatic hydroxyl groups is 1. The van der Waals surface area contributed by atoms with Crippen LogP contribution in [0, 0.1) is 11.6 Å². The third-order valence-corrected chi connectivity index (χ3v) is 8.04. The van der Waals surface area contributed by atoms with E-state index in [2.05, 4.69) is 66.6 Å². The molecule has 0 aliphatic carbocycles. The van der Waals surface area contributed by atoms with Gasteiger partial charge in [-0.1, -0.05) is 37.6 Å². The highest BCUT2D eigenvalue weighted by molar-refractivity contribution is 5.54. The summed E-state index contributed by atoms with van der Waals surface area (Å²) in [6.45, 7) is 8.25. The Morgan fingerprint density at radius 2 is 1.85 bits per heavy atom. The maximum Gasteiger partial charge on any atom is 0.153 e. The molecule has 41 heavy (non-hydrogen) atoms. The van der Waals surface area contributed by atoms with E-state index in [1.807, 2.05) is 0 Å². The molecule has 0 spiro atoms. The lowest BCUT2D eigenvalue weighted by molar-refractivity contribution is -0.0384. The zero-order valence-corrected chi connectivity index (χ0v) is 23.6. The summed E-state index contributed by atoms with van der Waals surface area (Å²) in [6, 6.07) is 11.0. The molecule has 5 rings (SSSR count). The Kier molecular flexibility index (Phi) is 8.99. The minimum atomic E-state index is -1.84. The van der Waals surface area contributed by atoms with E-state index in [0.717, 1.165) is 51.3 Å². The van der Waals surface area contributed by atoms with Crippen molar-refractivity contribution in [1.82, 2.24) is 39.9 Å². The molecule has 3 heterocycles. The quantitative estimate of drug-likeness (QED) is 0.279. The van der Waals surface area contributed by atoms with Gasteiger partial charge in [-0.3, -0.25) is 4.90 Å². The fourth-order valence-corrected chi connectivity index (χ4v) is 5.59. The zero-order chi connectivity index (χ0) is 28.8. The van der Waals surface area contributed by atoms with Crippen molar-refractivity contribution in [3.05, 3.63) is 83.7 Å². The molecule has 2 aromatic carbocycles. The molecule has 1 saturated heterocycles. The number of aromatic nitrogens is 7. The first-order chi connectivity index (χ1) is 19.9. The highest BCUT2D eigenvalue weighted by Crippen LogP contribution is 2.36. The fourth-order valence-electron chi connectivity index (χ4n) is 5.59. The first-order valence-corrected chi connectivity index (χ1v) is 14.2. The predicted octanol–water partition coefficient (Wildman–Crippen LogP) is 3.40. The second-order valence-corrected chi connectivity index (χ2v) is 10.7. The Balaban J connectivity index is 1.27. The summed E-state index contributed by atoms with van der Waals surface area (Å²) in [5.41, 5.74) is 0.829. The Hall–Kier alpha value is -3.77. The first kappa shape index (κ1) is 28.7. The second kappa shape index (κ2) is 12.8. The van der Waals surface area contributed by atoms with Gasteiger partial charge in [-0.05, 0) is 47.9 Å². The van der Waals surface area contributed by atoms with E-state index in [9.17, 15) is 13.9 Å². The molecule has 4 aromatic rings. The van der Waals surface area contributed by atoms with Crippen molar-refractivity contribution in [2.24, 2.45) is 0 Å². The SMILES string of the molecule is CCCCc1ccccc1N1CCN(CCc2nnnn2[C@@H](C)[C@](O)(Cn2cncn2)c2ccc(F)cc2F)CC1. The topological polar surface area (TPSA) is 101 Å². The summed E-state index contributed by atoms with van der Waals surface area (Å²) < 4.78 is 31.6. The van der Waals surface area contributed by atoms with Gasteiger partial charge in [0.15, 0.2) is 5.82 Å². The molecule has 0 radical (unpaired) electrons. The van der Waals surface area contributed by atoms with Gasteiger partial charge in [0.1, 0.15) is 29.9 Å². The van der Waals surface area contributed by atoms with Gasteiger partial charge in [0.25, 0.3) is 0 Å². The van der Waals surface area contributed by atoms with Crippen LogP contribution in [0.4, 0.5) is 14.5 Å². The Labute approximate surface area is 238 Å². The monoisotopic (exact) mass is 565 g/mol. The van der Waals surface area contributed by atoms with Gasteiger partial charge in [0.2, 0.25) is 0 Å². The molecule has 0 bridgehead atoms. The molecule has 1 aliphatic heterocycles. The van der Waals surface area contributed by atoms with Gasteiger partial charge >= 0.3 is 0 Å². The van der Waals surface area contributed by atoms with Crippen LogP contribution in [0.25, 0.3) is 0 Å². The number of aryl methyl sites for hydroxylation is 1. The van der Waals surface area contributed by atoms with Gasteiger partial charge in [-0.2, -0.15) is 5.10 Å². The number of anilines is 1. The zero-order valence-electron chi connectivity index (χ0n) is 23.6. The summed E-state index contributed by atoms with van der Waals surface area (Å²) in [5, 5.41) is 28.3. The minimum absolute atomic E-state index is 0.0707. The van der Waals surface area contributed by atoms with Crippen LogP contribution >= 0.6 is 0 Å². The minimum Gasteiger partial charge on any atom is -0.381 e. The van der Waals surface area contributed by atoms with E-state index in [1.165, 1.54) is 52.2 Å². The van der Waals surface area contributed by atoms with E-state index in [1.54, 1.807) is 6.92 Å². The van der Waals surface area contributed by atoms with Crippen molar-refractivity contribution in [1.29, 1.82) is 0 Å². The third-order valence-electron chi connectivity index (χ3n) is 8.04. The normalized spacial score (nSPS) is 16.6. The Morgan fingerprint density at radius 3 is 2.59 bits per heavy atom.